The molecule has 0 spiro atoms. The van der Waals surface area contributed by atoms with E-state index >= 15 is 0 Å². The Bertz CT molecular complexity index is 900. The maximum absolute atomic E-state index is 12.9. The Labute approximate surface area is 149 Å². The Hall–Kier alpha value is -1.83. The molecule has 0 aliphatic heterocycles. The van der Waals surface area contributed by atoms with Gasteiger partial charge in [0.1, 0.15) is 0 Å². The fourth-order valence-electron chi connectivity index (χ4n) is 2.23. The average Bonchev–Trinajstić information content (AvgIpc) is 2.51. The molecule has 0 atom stereocenters. The van der Waals surface area contributed by atoms with E-state index < -0.39 is 14.9 Å². The monoisotopic (exact) mass is 388 g/mol. The molecule has 0 aliphatic rings. The molecular weight excluding hydrogens is 375 g/mol. The van der Waals surface area contributed by atoms with E-state index in [0.29, 0.717) is 5.56 Å². The highest BCUT2D eigenvalue weighted by molar-refractivity contribution is 7.92. The lowest BCUT2D eigenvalue weighted by molar-refractivity contribution is -0.385. The van der Waals surface area contributed by atoms with Crippen LogP contribution in [0.4, 0.5) is 11.4 Å². The standard InChI is InChI=1S/C15H14Cl2N2O4S/c1-3-18(13-6-4-5-12(16)15(13)17)24(22,23)11-8-7-10(2)14(9-11)19(20)21/h4-9H,3H2,1-2H3. The van der Waals surface area contributed by atoms with Crippen molar-refractivity contribution < 1.29 is 13.3 Å². The fourth-order valence-corrected chi connectivity index (χ4v) is 4.18. The van der Waals surface area contributed by atoms with Gasteiger partial charge in [-0.3, -0.25) is 14.4 Å². The predicted octanol–water partition coefficient (Wildman–Crippen LogP) is 4.43. The molecule has 0 aliphatic carbocycles. The SMILES string of the molecule is CCN(c1cccc(Cl)c1Cl)S(=O)(=O)c1ccc(C)c([N+](=O)[O-])c1. The van der Waals surface area contributed by atoms with Crippen molar-refractivity contribution >= 4 is 44.6 Å². The lowest BCUT2D eigenvalue weighted by Crippen LogP contribution is -2.31. The molecule has 0 saturated heterocycles. The molecule has 2 rings (SSSR count). The highest BCUT2D eigenvalue weighted by Crippen LogP contribution is 2.35. The van der Waals surface area contributed by atoms with Crippen LogP contribution in [0.15, 0.2) is 41.3 Å². The van der Waals surface area contributed by atoms with E-state index in [0.717, 1.165) is 10.4 Å². The molecule has 0 heterocycles. The summed E-state index contributed by atoms with van der Waals surface area (Å²) in [5, 5.41) is 11.4. The molecule has 0 aromatic heterocycles. The smallest absolute Gasteiger partial charge is 0.265 e. The van der Waals surface area contributed by atoms with Crippen molar-refractivity contribution in [1.82, 2.24) is 0 Å². The van der Waals surface area contributed by atoms with Crippen molar-refractivity contribution in [2.45, 2.75) is 18.7 Å². The van der Waals surface area contributed by atoms with Gasteiger partial charge in [-0.25, -0.2) is 8.42 Å². The number of benzene rings is 2. The van der Waals surface area contributed by atoms with Crippen molar-refractivity contribution in [2.75, 3.05) is 10.8 Å². The number of halogens is 2. The topological polar surface area (TPSA) is 80.5 Å². The van der Waals surface area contributed by atoms with Crippen molar-refractivity contribution in [3.8, 4) is 0 Å². The Morgan fingerprint density at radius 3 is 2.46 bits per heavy atom. The normalized spacial score (nSPS) is 11.3. The van der Waals surface area contributed by atoms with Gasteiger partial charge in [-0.05, 0) is 32.0 Å². The zero-order valence-corrected chi connectivity index (χ0v) is 15.2. The highest BCUT2D eigenvalue weighted by Gasteiger charge is 2.28. The van der Waals surface area contributed by atoms with Crippen LogP contribution in [-0.2, 0) is 10.0 Å². The number of anilines is 1. The van der Waals surface area contributed by atoms with Gasteiger partial charge < -0.3 is 0 Å². The molecule has 0 unspecified atom stereocenters. The summed E-state index contributed by atoms with van der Waals surface area (Å²) >= 11 is 12.1. The third-order valence-electron chi connectivity index (χ3n) is 3.45. The molecule has 9 heteroatoms. The van der Waals surface area contributed by atoms with Crippen molar-refractivity contribution in [3.63, 3.8) is 0 Å². The number of aryl methyl sites for hydroxylation is 1. The lowest BCUT2D eigenvalue weighted by atomic mass is 10.2. The first-order chi connectivity index (χ1) is 11.2. The first kappa shape index (κ1) is 18.5. The van der Waals surface area contributed by atoms with Crippen LogP contribution >= 0.6 is 23.2 Å². The predicted molar refractivity (Wildman–Crippen MR) is 94.5 cm³/mol. The van der Waals surface area contributed by atoms with Crippen molar-refractivity contribution in [1.29, 1.82) is 0 Å². The van der Waals surface area contributed by atoms with Gasteiger partial charge in [0.25, 0.3) is 15.7 Å². The minimum atomic E-state index is -4.03. The summed E-state index contributed by atoms with van der Waals surface area (Å²) in [5.41, 5.74) is 0.335. The van der Waals surface area contributed by atoms with Crippen LogP contribution in [0, 0.1) is 17.0 Å². The minimum absolute atomic E-state index is 0.0874. The van der Waals surface area contributed by atoms with E-state index in [1.54, 1.807) is 26.0 Å². The third-order valence-corrected chi connectivity index (χ3v) is 6.15. The second-order valence-electron chi connectivity index (χ2n) is 4.95. The number of sulfonamides is 1. The van der Waals surface area contributed by atoms with Gasteiger partial charge in [0.2, 0.25) is 0 Å². The first-order valence-electron chi connectivity index (χ1n) is 6.92. The minimum Gasteiger partial charge on any atom is -0.265 e. The number of nitro benzene ring substituents is 1. The largest absolute Gasteiger partial charge is 0.273 e. The van der Waals surface area contributed by atoms with E-state index in [-0.39, 0.29) is 32.9 Å². The van der Waals surface area contributed by atoms with Crippen LogP contribution in [-0.4, -0.2) is 19.9 Å². The van der Waals surface area contributed by atoms with E-state index in [2.05, 4.69) is 0 Å². The van der Waals surface area contributed by atoms with Gasteiger partial charge in [0.05, 0.1) is 25.6 Å². The van der Waals surface area contributed by atoms with Gasteiger partial charge in [-0.2, -0.15) is 0 Å². The molecule has 6 nitrogen and oxygen atoms in total. The zero-order chi connectivity index (χ0) is 18.1. The molecule has 24 heavy (non-hydrogen) atoms. The molecule has 0 amide bonds. The number of hydrogen-bond donors (Lipinski definition) is 0. The summed E-state index contributed by atoms with van der Waals surface area (Å²) in [6.45, 7) is 3.27. The molecule has 2 aromatic rings. The number of rotatable bonds is 5. The van der Waals surface area contributed by atoms with Gasteiger partial charge in [0, 0.05) is 18.2 Å². The second-order valence-corrected chi connectivity index (χ2v) is 7.60. The van der Waals surface area contributed by atoms with Crippen molar-refractivity contribution in [3.05, 3.63) is 62.1 Å². The molecule has 0 N–H and O–H groups in total. The molecule has 0 radical (unpaired) electrons. The van der Waals surface area contributed by atoms with Gasteiger partial charge >= 0.3 is 0 Å². The number of nitrogens with zero attached hydrogens (tertiary/aromatic N) is 2. The molecule has 0 bridgehead atoms. The van der Waals surface area contributed by atoms with E-state index in [1.165, 1.54) is 18.2 Å². The molecule has 128 valence electrons. The summed E-state index contributed by atoms with van der Waals surface area (Å²) in [7, 11) is -4.03. The molecule has 0 fully saturated rings. The Balaban J connectivity index is 2.61. The Morgan fingerprint density at radius 2 is 1.88 bits per heavy atom. The van der Waals surface area contributed by atoms with Gasteiger partial charge in [-0.1, -0.05) is 35.3 Å². The summed E-state index contributed by atoms with van der Waals surface area (Å²) in [6.07, 6.45) is 0. The molecule has 0 saturated carbocycles. The maximum Gasteiger partial charge on any atom is 0.273 e. The second kappa shape index (κ2) is 6.96. The summed E-state index contributed by atoms with van der Waals surface area (Å²) in [4.78, 5) is 10.3. The summed E-state index contributed by atoms with van der Waals surface area (Å²) in [6, 6.07) is 8.44. The van der Waals surface area contributed by atoms with Gasteiger partial charge in [-0.15, -0.1) is 0 Å². The number of hydrogen-bond acceptors (Lipinski definition) is 4. The van der Waals surface area contributed by atoms with Crippen molar-refractivity contribution in [2.24, 2.45) is 0 Å². The highest BCUT2D eigenvalue weighted by atomic mass is 35.5. The Morgan fingerprint density at radius 1 is 1.21 bits per heavy atom. The van der Waals surface area contributed by atoms with Gasteiger partial charge in [0.15, 0.2) is 0 Å². The van der Waals surface area contributed by atoms with E-state index in [4.69, 9.17) is 23.2 Å². The number of nitro groups is 1. The lowest BCUT2D eigenvalue weighted by Gasteiger charge is -2.24. The van der Waals surface area contributed by atoms with E-state index in [1.807, 2.05) is 0 Å². The third kappa shape index (κ3) is 3.33. The summed E-state index contributed by atoms with van der Waals surface area (Å²) < 4.78 is 26.9. The van der Waals surface area contributed by atoms with Crippen LogP contribution in [0.2, 0.25) is 10.0 Å². The van der Waals surface area contributed by atoms with E-state index in [9.17, 15) is 18.5 Å². The first-order valence-corrected chi connectivity index (χ1v) is 9.11. The molecular formula is C15H14Cl2N2O4S. The Kier molecular flexibility index (Phi) is 5.37. The van der Waals surface area contributed by atoms with Crippen LogP contribution in [0.3, 0.4) is 0 Å². The van der Waals surface area contributed by atoms with Crippen LogP contribution in [0.5, 0.6) is 0 Å². The quantitative estimate of drug-likeness (QED) is 0.560. The average molecular weight is 389 g/mol. The molecule has 2 aromatic carbocycles. The fraction of sp³-hybridized carbons (Fsp3) is 0.200. The zero-order valence-electron chi connectivity index (χ0n) is 12.9. The maximum atomic E-state index is 12.9. The van der Waals surface area contributed by atoms with Crippen LogP contribution in [0.1, 0.15) is 12.5 Å². The van der Waals surface area contributed by atoms with Crippen LogP contribution < -0.4 is 4.31 Å². The summed E-state index contributed by atoms with van der Waals surface area (Å²) in [5.74, 6) is 0. The van der Waals surface area contributed by atoms with Crippen LogP contribution in [0.25, 0.3) is 0 Å².